The van der Waals surface area contributed by atoms with Gasteiger partial charge in [0.1, 0.15) is 5.78 Å². The number of rotatable bonds is 3. The highest BCUT2D eigenvalue weighted by molar-refractivity contribution is 5.79. The van der Waals surface area contributed by atoms with Gasteiger partial charge in [0.05, 0.1) is 0 Å². The molecule has 0 aliphatic heterocycles. The van der Waals surface area contributed by atoms with E-state index in [1.54, 1.807) is 0 Å². The van der Waals surface area contributed by atoms with Crippen molar-refractivity contribution in [3.63, 3.8) is 0 Å². The number of terminal acetylenes is 1. The molecule has 1 aliphatic carbocycles. The van der Waals surface area contributed by atoms with Crippen molar-refractivity contribution in [1.82, 2.24) is 0 Å². The molecule has 0 radical (unpaired) electrons. The molecule has 1 aliphatic rings. The Morgan fingerprint density at radius 3 is 2.93 bits per heavy atom. The van der Waals surface area contributed by atoms with Crippen LogP contribution < -0.4 is 0 Å². The normalized spacial score (nSPS) is 25.8. The number of hydrogen-bond acceptors (Lipinski definition) is 1. The molecule has 1 nitrogen and oxygen atoms in total. The first-order valence-corrected chi connectivity index (χ1v) is 5.51. The lowest BCUT2D eigenvalue weighted by molar-refractivity contribution is -0.124. The van der Waals surface area contributed by atoms with Gasteiger partial charge in [-0.15, -0.1) is 12.3 Å². The second-order valence-electron chi connectivity index (χ2n) is 5.02. The first-order chi connectivity index (χ1) is 6.56. The molecule has 0 heterocycles. The fourth-order valence-electron chi connectivity index (χ4n) is 2.26. The first-order valence-electron chi connectivity index (χ1n) is 5.51. The van der Waals surface area contributed by atoms with Crippen LogP contribution in [0.5, 0.6) is 0 Å². The van der Waals surface area contributed by atoms with E-state index in [1.807, 2.05) is 0 Å². The molecular weight excluding hydrogens is 172 g/mol. The first kappa shape index (κ1) is 11.3. The smallest absolute Gasteiger partial charge is 0.133 e. The molecule has 1 atom stereocenters. The van der Waals surface area contributed by atoms with Crippen LogP contribution in [0.4, 0.5) is 0 Å². The highest BCUT2D eigenvalue weighted by Crippen LogP contribution is 2.41. The number of unbranched alkanes of at least 4 members (excludes halogenated alkanes) is 1. The van der Waals surface area contributed by atoms with Crippen molar-refractivity contribution in [2.24, 2.45) is 11.3 Å². The topological polar surface area (TPSA) is 17.1 Å². The summed E-state index contributed by atoms with van der Waals surface area (Å²) in [6.07, 6.45) is 10.9. The van der Waals surface area contributed by atoms with Gasteiger partial charge >= 0.3 is 0 Å². The Bertz CT molecular complexity index is 244. The number of carbonyl (C=O) groups excluding carboxylic acids is 1. The van der Waals surface area contributed by atoms with E-state index < -0.39 is 0 Å². The van der Waals surface area contributed by atoms with Crippen LogP contribution in [0.25, 0.3) is 0 Å². The minimum Gasteiger partial charge on any atom is -0.300 e. The molecule has 14 heavy (non-hydrogen) atoms. The van der Waals surface area contributed by atoms with Crippen molar-refractivity contribution >= 4 is 5.78 Å². The summed E-state index contributed by atoms with van der Waals surface area (Å²) in [5, 5.41) is 0. The van der Waals surface area contributed by atoms with Gasteiger partial charge in [-0.2, -0.15) is 0 Å². The number of ketones is 1. The van der Waals surface area contributed by atoms with E-state index >= 15 is 0 Å². The van der Waals surface area contributed by atoms with Crippen LogP contribution >= 0.6 is 0 Å². The average molecular weight is 192 g/mol. The monoisotopic (exact) mass is 192 g/mol. The van der Waals surface area contributed by atoms with Crippen LogP contribution in [0.3, 0.4) is 0 Å². The van der Waals surface area contributed by atoms with Gasteiger partial charge in [-0.05, 0) is 30.6 Å². The van der Waals surface area contributed by atoms with E-state index in [2.05, 4.69) is 19.8 Å². The molecule has 1 unspecified atom stereocenters. The van der Waals surface area contributed by atoms with Crippen LogP contribution in [-0.4, -0.2) is 5.78 Å². The fourth-order valence-corrected chi connectivity index (χ4v) is 2.26. The van der Waals surface area contributed by atoms with Crippen molar-refractivity contribution in [3.8, 4) is 12.3 Å². The van der Waals surface area contributed by atoms with Crippen molar-refractivity contribution < 1.29 is 4.79 Å². The van der Waals surface area contributed by atoms with Gasteiger partial charge in [0.2, 0.25) is 0 Å². The van der Waals surface area contributed by atoms with Gasteiger partial charge in [0.25, 0.3) is 0 Å². The van der Waals surface area contributed by atoms with Crippen LogP contribution in [0, 0.1) is 23.7 Å². The van der Waals surface area contributed by atoms with Gasteiger partial charge in [-0.1, -0.05) is 13.8 Å². The number of hydrogen-bond donors (Lipinski definition) is 0. The summed E-state index contributed by atoms with van der Waals surface area (Å²) in [4.78, 5) is 11.4. The molecule has 1 rings (SSSR count). The Morgan fingerprint density at radius 1 is 1.57 bits per heavy atom. The van der Waals surface area contributed by atoms with E-state index in [0.29, 0.717) is 17.1 Å². The lowest BCUT2D eigenvalue weighted by Crippen LogP contribution is -2.31. The number of Topliss-reactive ketones (excluding diaryl/α,β-unsaturated/α-hetero) is 1. The summed E-state index contributed by atoms with van der Waals surface area (Å²) in [6, 6.07) is 0. The molecule has 78 valence electrons. The van der Waals surface area contributed by atoms with E-state index in [0.717, 1.165) is 38.5 Å². The molecule has 0 aromatic heterocycles. The number of carbonyl (C=O) groups is 1. The molecule has 1 fully saturated rings. The molecule has 0 aromatic rings. The van der Waals surface area contributed by atoms with Gasteiger partial charge in [-0.25, -0.2) is 0 Å². The summed E-state index contributed by atoms with van der Waals surface area (Å²) < 4.78 is 0. The molecule has 1 saturated carbocycles. The SMILES string of the molecule is C#CCCCC1CC(=O)CCC1(C)C. The maximum absolute atomic E-state index is 11.4. The van der Waals surface area contributed by atoms with Gasteiger partial charge < -0.3 is 0 Å². The molecule has 0 amide bonds. The second-order valence-corrected chi connectivity index (χ2v) is 5.02. The molecule has 0 aromatic carbocycles. The predicted molar refractivity (Wildman–Crippen MR) is 58.8 cm³/mol. The fraction of sp³-hybridized carbons (Fsp3) is 0.769. The summed E-state index contributed by atoms with van der Waals surface area (Å²) in [7, 11) is 0. The van der Waals surface area contributed by atoms with E-state index in [9.17, 15) is 4.79 Å². The quantitative estimate of drug-likeness (QED) is 0.496. The third kappa shape index (κ3) is 2.87. The molecule has 0 saturated heterocycles. The van der Waals surface area contributed by atoms with E-state index in [1.165, 1.54) is 0 Å². The summed E-state index contributed by atoms with van der Waals surface area (Å²) >= 11 is 0. The Hall–Kier alpha value is -0.770. The Morgan fingerprint density at radius 2 is 2.29 bits per heavy atom. The average Bonchev–Trinajstić information content (AvgIpc) is 2.12. The maximum atomic E-state index is 11.4. The maximum Gasteiger partial charge on any atom is 0.133 e. The minimum atomic E-state index is 0.336. The third-order valence-corrected chi connectivity index (χ3v) is 3.50. The van der Waals surface area contributed by atoms with Gasteiger partial charge in [-0.3, -0.25) is 4.79 Å². The largest absolute Gasteiger partial charge is 0.300 e. The van der Waals surface area contributed by atoms with Crippen molar-refractivity contribution in [1.29, 1.82) is 0 Å². The molecule has 0 bridgehead atoms. The van der Waals surface area contributed by atoms with Crippen molar-refractivity contribution in [2.75, 3.05) is 0 Å². The minimum absolute atomic E-state index is 0.336. The van der Waals surface area contributed by atoms with Gasteiger partial charge in [0.15, 0.2) is 0 Å². The van der Waals surface area contributed by atoms with Gasteiger partial charge in [0, 0.05) is 19.3 Å². The Labute approximate surface area is 87.3 Å². The van der Waals surface area contributed by atoms with Crippen LogP contribution in [-0.2, 0) is 4.79 Å². The molecular formula is C13H20O. The van der Waals surface area contributed by atoms with Crippen molar-refractivity contribution in [3.05, 3.63) is 0 Å². The van der Waals surface area contributed by atoms with Crippen molar-refractivity contribution in [2.45, 2.75) is 52.4 Å². The standard InChI is InChI=1S/C13H20O/c1-4-5-6-7-11-10-12(14)8-9-13(11,2)3/h1,11H,5-10H2,2-3H3. The van der Waals surface area contributed by atoms with Crippen LogP contribution in [0.15, 0.2) is 0 Å². The van der Waals surface area contributed by atoms with E-state index in [-0.39, 0.29) is 0 Å². The molecule has 1 heteroatoms. The van der Waals surface area contributed by atoms with Crippen LogP contribution in [0.2, 0.25) is 0 Å². The predicted octanol–water partition coefficient (Wildman–Crippen LogP) is 3.19. The van der Waals surface area contributed by atoms with Crippen LogP contribution in [0.1, 0.15) is 52.4 Å². The highest BCUT2D eigenvalue weighted by atomic mass is 16.1. The summed E-state index contributed by atoms with van der Waals surface area (Å²) in [5.41, 5.74) is 0.336. The molecule has 0 spiro atoms. The summed E-state index contributed by atoms with van der Waals surface area (Å²) in [5.74, 6) is 3.65. The molecule has 0 N–H and O–H groups in total. The summed E-state index contributed by atoms with van der Waals surface area (Å²) in [6.45, 7) is 4.56. The third-order valence-electron chi connectivity index (χ3n) is 3.50. The lowest BCUT2D eigenvalue weighted by Gasteiger charge is -2.38. The zero-order valence-corrected chi connectivity index (χ0v) is 9.31. The lowest BCUT2D eigenvalue weighted by atomic mass is 9.67. The second kappa shape index (κ2) is 4.64. The zero-order chi connectivity index (χ0) is 10.6. The Kier molecular flexibility index (Phi) is 3.75. The highest BCUT2D eigenvalue weighted by Gasteiger charge is 2.34. The Balaban J connectivity index is 2.46. The van der Waals surface area contributed by atoms with E-state index in [4.69, 9.17) is 6.42 Å². The zero-order valence-electron chi connectivity index (χ0n) is 9.31.